The Morgan fingerprint density at radius 1 is 1.05 bits per heavy atom. The highest BCUT2D eigenvalue weighted by Crippen LogP contribution is 2.24. The lowest BCUT2D eigenvalue weighted by Crippen LogP contribution is -2.20. The van der Waals surface area contributed by atoms with E-state index in [0.29, 0.717) is 0 Å². The molecule has 0 spiro atoms. The molecular weight excluding hydrogens is 248 g/mol. The van der Waals surface area contributed by atoms with Crippen LogP contribution < -0.4 is 10.6 Å². The third kappa shape index (κ3) is 6.92. The quantitative estimate of drug-likeness (QED) is 0.679. The molecule has 0 atom stereocenters. The van der Waals surface area contributed by atoms with E-state index in [-0.39, 0.29) is 5.41 Å². The molecule has 0 aromatic heterocycles. The summed E-state index contributed by atoms with van der Waals surface area (Å²) in [4.78, 5) is 0. The minimum absolute atomic E-state index is 0.211. The first-order valence-corrected chi connectivity index (χ1v) is 7.58. The lowest BCUT2D eigenvalue weighted by molar-refractivity contribution is 0.199. The maximum atomic E-state index is 4.99. The van der Waals surface area contributed by atoms with Gasteiger partial charge < -0.3 is 15.4 Å². The van der Waals surface area contributed by atoms with E-state index >= 15 is 0 Å². The van der Waals surface area contributed by atoms with Gasteiger partial charge in [-0.15, -0.1) is 0 Å². The highest BCUT2D eigenvalue weighted by molar-refractivity contribution is 5.47. The Morgan fingerprint density at radius 2 is 1.80 bits per heavy atom. The Morgan fingerprint density at radius 3 is 2.50 bits per heavy atom. The van der Waals surface area contributed by atoms with Gasteiger partial charge in [-0.25, -0.2) is 0 Å². The lowest BCUT2D eigenvalue weighted by Gasteiger charge is -2.20. The summed E-state index contributed by atoms with van der Waals surface area (Å²) in [5.74, 6) is 0. The third-order valence-corrected chi connectivity index (χ3v) is 3.32. The van der Waals surface area contributed by atoms with Crippen molar-refractivity contribution in [2.45, 2.75) is 39.0 Å². The minimum Gasteiger partial charge on any atom is -0.385 e. The fourth-order valence-corrected chi connectivity index (χ4v) is 2.00. The van der Waals surface area contributed by atoms with Crippen LogP contribution in [0.25, 0.3) is 0 Å². The predicted molar refractivity (Wildman–Crippen MR) is 87.6 cm³/mol. The Labute approximate surface area is 124 Å². The van der Waals surface area contributed by atoms with Gasteiger partial charge >= 0.3 is 0 Å². The van der Waals surface area contributed by atoms with Crippen LogP contribution in [0.5, 0.6) is 0 Å². The standard InChI is InChI=1S/C17H30N2O/c1-17(2,3)15-8-7-9-16(14-15)19-11-6-5-10-18-12-13-20-4/h7-9,14,18-19H,5-6,10-13H2,1-4H3. The number of nitrogens with one attached hydrogen (secondary N) is 2. The van der Waals surface area contributed by atoms with Gasteiger partial charge in [-0.2, -0.15) is 0 Å². The summed E-state index contributed by atoms with van der Waals surface area (Å²) < 4.78 is 4.99. The first-order chi connectivity index (χ1) is 9.54. The zero-order valence-electron chi connectivity index (χ0n) is 13.5. The van der Waals surface area contributed by atoms with Crippen LogP contribution in [0.15, 0.2) is 24.3 Å². The number of rotatable bonds is 9. The summed E-state index contributed by atoms with van der Waals surface area (Å²) in [5, 5.41) is 6.87. The summed E-state index contributed by atoms with van der Waals surface area (Å²) >= 11 is 0. The average Bonchev–Trinajstić information content (AvgIpc) is 2.41. The first kappa shape index (κ1) is 17.0. The summed E-state index contributed by atoms with van der Waals surface area (Å²) in [6.07, 6.45) is 2.37. The van der Waals surface area contributed by atoms with Crippen LogP contribution in [-0.4, -0.2) is 33.4 Å². The Hall–Kier alpha value is -1.06. The second kappa shape index (κ2) is 8.98. The van der Waals surface area contributed by atoms with Gasteiger partial charge in [-0.3, -0.25) is 0 Å². The first-order valence-electron chi connectivity index (χ1n) is 7.58. The Bertz CT molecular complexity index is 371. The zero-order chi connectivity index (χ0) is 14.8. The highest BCUT2D eigenvalue weighted by Gasteiger charge is 2.13. The van der Waals surface area contributed by atoms with Gasteiger partial charge in [0, 0.05) is 25.9 Å². The van der Waals surface area contributed by atoms with E-state index < -0.39 is 0 Å². The van der Waals surface area contributed by atoms with Crippen LogP contribution in [0, 0.1) is 0 Å². The molecule has 1 rings (SSSR count). The van der Waals surface area contributed by atoms with Gasteiger partial charge in [0.25, 0.3) is 0 Å². The van der Waals surface area contributed by atoms with Crippen molar-refractivity contribution in [2.24, 2.45) is 0 Å². The second-order valence-corrected chi connectivity index (χ2v) is 6.21. The SMILES string of the molecule is COCCNCCCCNc1cccc(C(C)(C)C)c1. The average molecular weight is 278 g/mol. The van der Waals surface area contributed by atoms with Crippen LogP contribution in [0.3, 0.4) is 0 Å². The molecule has 0 saturated heterocycles. The Kier molecular flexibility index (Phi) is 7.63. The zero-order valence-corrected chi connectivity index (χ0v) is 13.5. The smallest absolute Gasteiger partial charge is 0.0587 e. The van der Waals surface area contributed by atoms with Gasteiger partial charge in [0.1, 0.15) is 0 Å². The number of ether oxygens (including phenoxy) is 1. The second-order valence-electron chi connectivity index (χ2n) is 6.21. The molecule has 3 nitrogen and oxygen atoms in total. The fourth-order valence-electron chi connectivity index (χ4n) is 2.00. The molecule has 1 aromatic rings. The van der Waals surface area contributed by atoms with E-state index in [1.165, 1.54) is 24.1 Å². The van der Waals surface area contributed by atoms with Crippen molar-refractivity contribution in [3.05, 3.63) is 29.8 Å². The van der Waals surface area contributed by atoms with Crippen LogP contribution in [0.1, 0.15) is 39.2 Å². The molecule has 2 N–H and O–H groups in total. The highest BCUT2D eigenvalue weighted by atomic mass is 16.5. The van der Waals surface area contributed by atoms with Gasteiger partial charge in [-0.1, -0.05) is 32.9 Å². The topological polar surface area (TPSA) is 33.3 Å². The summed E-state index contributed by atoms with van der Waals surface area (Å²) in [7, 11) is 1.73. The molecular formula is C17H30N2O. The molecule has 0 saturated carbocycles. The van der Waals surface area contributed by atoms with Crippen molar-refractivity contribution in [1.82, 2.24) is 5.32 Å². The number of methoxy groups -OCH3 is 1. The van der Waals surface area contributed by atoms with Gasteiger partial charge in [0.2, 0.25) is 0 Å². The molecule has 3 heteroatoms. The van der Waals surface area contributed by atoms with E-state index in [1.54, 1.807) is 7.11 Å². The normalized spacial score (nSPS) is 11.6. The number of benzene rings is 1. The van der Waals surface area contributed by atoms with E-state index in [9.17, 15) is 0 Å². The number of hydrogen-bond donors (Lipinski definition) is 2. The largest absolute Gasteiger partial charge is 0.385 e. The maximum Gasteiger partial charge on any atom is 0.0587 e. The summed E-state index contributed by atoms with van der Waals surface area (Å²) in [6.45, 7) is 10.6. The maximum absolute atomic E-state index is 4.99. The van der Waals surface area contributed by atoms with Crippen molar-refractivity contribution >= 4 is 5.69 Å². The van der Waals surface area contributed by atoms with Gasteiger partial charge in [-0.05, 0) is 42.5 Å². The molecule has 0 radical (unpaired) electrons. The predicted octanol–water partition coefficient (Wildman–Crippen LogP) is 3.41. The molecule has 0 fully saturated rings. The van der Waals surface area contributed by atoms with Crippen molar-refractivity contribution in [1.29, 1.82) is 0 Å². The van der Waals surface area contributed by atoms with Crippen molar-refractivity contribution in [2.75, 3.05) is 38.7 Å². The molecule has 1 aromatic carbocycles. The number of hydrogen-bond acceptors (Lipinski definition) is 3. The molecule has 0 aliphatic rings. The van der Waals surface area contributed by atoms with Crippen LogP contribution in [-0.2, 0) is 10.2 Å². The van der Waals surface area contributed by atoms with Crippen molar-refractivity contribution < 1.29 is 4.74 Å². The monoisotopic (exact) mass is 278 g/mol. The molecule has 0 unspecified atom stereocenters. The van der Waals surface area contributed by atoms with Crippen molar-refractivity contribution in [3.63, 3.8) is 0 Å². The molecule has 0 heterocycles. The van der Waals surface area contributed by atoms with Crippen molar-refractivity contribution in [3.8, 4) is 0 Å². The summed E-state index contributed by atoms with van der Waals surface area (Å²) in [6, 6.07) is 8.74. The van der Waals surface area contributed by atoms with Gasteiger partial charge in [0.05, 0.1) is 6.61 Å². The van der Waals surface area contributed by atoms with Crippen LogP contribution >= 0.6 is 0 Å². The van der Waals surface area contributed by atoms with E-state index in [4.69, 9.17) is 4.74 Å². The molecule has 114 valence electrons. The molecule has 0 bridgehead atoms. The summed E-state index contributed by atoms with van der Waals surface area (Å²) in [5.41, 5.74) is 2.82. The minimum atomic E-state index is 0.211. The molecule has 0 aliphatic carbocycles. The van der Waals surface area contributed by atoms with Crippen LogP contribution in [0.4, 0.5) is 5.69 Å². The molecule has 0 aliphatic heterocycles. The van der Waals surface area contributed by atoms with Gasteiger partial charge in [0.15, 0.2) is 0 Å². The number of unbranched alkanes of at least 4 members (excludes halogenated alkanes) is 1. The number of anilines is 1. The third-order valence-electron chi connectivity index (χ3n) is 3.32. The van der Waals surface area contributed by atoms with Crippen LogP contribution in [0.2, 0.25) is 0 Å². The lowest BCUT2D eigenvalue weighted by atomic mass is 9.87. The van der Waals surface area contributed by atoms with E-state index in [2.05, 4.69) is 55.7 Å². The molecule has 20 heavy (non-hydrogen) atoms. The Balaban J connectivity index is 2.19. The molecule has 0 amide bonds. The van der Waals surface area contributed by atoms with E-state index in [0.717, 1.165) is 26.2 Å². The fraction of sp³-hybridized carbons (Fsp3) is 0.647. The van der Waals surface area contributed by atoms with E-state index in [1.807, 2.05) is 0 Å².